The van der Waals surface area contributed by atoms with Crippen molar-refractivity contribution in [3.63, 3.8) is 0 Å². The SMILES string of the molecule is C[C@@H](NC(=O)OC(C)(C)C)C1(O)CN(Cc2ccccc2)C1. The second-order valence-electron chi connectivity index (χ2n) is 7.10. The molecule has 1 amide bonds. The summed E-state index contributed by atoms with van der Waals surface area (Å²) >= 11 is 0. The number of nitrogens with one attached hydrogen (secondary N) is 1. The molecule has 5 heteroatoms. The molecule has 1 saturated heterocycles. The van der Waals surface area contributed by atoms with Crippen LogP contribution in [0, 0.1) is 0 Å². The predicted octanol–water partition coefficient (Wildman–Crippen LogP) is 2.15. The van der Waals surface area contributed by atoms with Gasteiger partial charge in [-0.1, -0.05) is 30.3 Å². The molecule has 2 rings (SSSR count). The second-order valence-corrected chi connectivity index (χ2v) is 7.10. The third-order valence-electron chi connectivity index (χ3n) is 3.78. The Kier molecular flexibility index (Phi) is 4.78. The lowest BCUT2D eigenvalue weighted by Crippen LogP contribution is -2.69. The molecule has 1 aliphatic rings. The molecular weight excluding hydrogens is 280 g/mol. The first-order chi connectivity index (χ1) is 10.2. The van der Waals surface area contributed by atoms with Crippen LogP contribution in [0.5, 0.6) is 0 Å². The van der Waals surface area contributed by atoms with Crippen LogP contribution in [0.15, 0.2) is 30.3 Å². The molecule has 0 spiro atoms. The van der Waals surface area contributed by atoms with Gasteiger partial charge in [-0.25, -0.2) is 4.79 Å². The fourth-order valence-electron chi connectivity index (χ4n) is 2.57. The minimum atomic E-state index is -0.897. The summed E-state index contributed by atoms with van der Waals surface area (Å²) in [6.07, 6.45) is -0.491. The molecule has 0 saturated carbocycles. The minimum Gasteiger partial charge on any atom is -0.444 e. The third-order valence-corrected chi connectivity index (χ3v) is 3.78. The number of nitrogens with zero attached hydrogens (tertiary/aromatic N) is 1. The highest BCUT2D eigenvalue weighted by molar-refractivity contribution is 5.68. The molecule has 1 aromatic carbocycles. The molecule has 0 radical (unpaired) electrons. The van der Waals surface area contributed by atoms with E-state index in [4.69, 9.17) is 4.74 Å². The summed E-state index contributed by atoms with van der Waals surface area (Å²) in [5.74, 6) is 0. The Morgan fingerprint density at radius 1 is 1.36 bits per heavy atom. The van der Waals surface area contributed by atoms with Gasteiger partial charge in [-0.05, 0) is 33.3 Å². The maximum absolute atomic E-state index is 11.8. The maximum Gasteiger partial charge on any atom is 0.407 e. The standard InChI is InChI=1S/C17H26N2O3/c1-13(18-15(20)22-16(2,3)4)17(21)11-19(12-17)10-14-8-6-5-7-9-14/h5-9,13,21H,10-12H2,1-4H3,(H,18,20)/t13-/m1/s1. The number of carbonyl (C=O) groups is 1. The molecule has 1 aliphatic heterocycles. The van der Waals surface area contributed by atoms with Crippen LogP contribution >= 0.6 is 0 Å². The van der Waals surface area contributed by atoms with Crippen molar-refractivity contribution in [1.82, 2.24) is 10.2 Å². The fraction of sp³-hybridized carbons (Fsp3) is 0.588. The monoisotopic (exact) mass is 306 g/mol. The lowest BCUT2D eigenvalue weighted by atomic mass is 9.86. The van der Waals surface area contributed by atoms with Crippen molar-refractivity contribution in [1.29, 1.82) is 0 Å². The van der Waals surface area contributed by atoms with Crippen LogP contribution in [0.25, 0.3) is 0 Å². The van der Waals surface area contributed by atoms with Gasteiger partial charge in [0.15, 0.2) is 0 Å². The number of amides is 1. The first-order valence-corrected chi connectivity index (χ1v) is 7.66. The highest BCUT2D eigenvalue weighted by Crippen LogP contribution is 2.26. The number of hydrogen-bond donors (Lipinski definition) is 2. The fourth-order valence-corrected chi connectivity index (χ4v) is 2.57. The number of benzene rings is 1. The summed E-state index contributed by atoms with van der Waals surface area (Å²) in [6.45, 7) is 9.15. The van der Waals surface area contributed by atoms with Crippen LogP contribution < -0.4 is 5.32 Å². The topological polar surface area (TPSA) is 61.8 Å². The molecule has 1 atom stereocenters. The Bertz CT molecular complexity index is 504. The molecule has 0 unspecified atom stereocenters. The molecule has 1 heterocycles. The predicted molar refractivity (Wildman–Crippen MR) is 85.5 cm³/mol. The van der Waals surface area contributed by atoms with Crippen LogP contribution in [-0.4, -0.2) is 46.4 Å². The summed E-state index contributed by atoms with van der Waals surface area (Å²) in [4.78, 5) is 13.9. The van der Waals surface area contributed by atoms with Gasteiger partial charge in [0.1, 0.15) is 11.2 Å². The summed E-state index contributed by atoms with van der Waals surface area (Å²) in [6, 6.07) is 9.79. The summed E-state index contributed by atoms with van der Waals surface area (Å²) in [5, 5.41) is 13.3. The Morgan fingerprint density at radius 3 is 2.50 bits per heavy atom. The molecule has 0 bridgehead atoms. The highest BCUT2D eigenvalue weighted by Gasteiger charge is 2.46. The number of rotatable bonds is 4. The number of ether oxygens (including phenoxy) is 1. The van der Waals surface area contributed by atoms with Crippen molar-refractivity contribution in [3.05, 3.63) is 35.9 Å². The maximum atomic E-state index is 11.8. The Labute approximate surface area is 132 Å². The van der Waals surface area contributed by atoms with Crippen LogP contribution in [0.1, 0.15) is 33.3 Å². The Hall–Kier alpha value is -1.59. The zero-order valence-electron chi connectivity index (χ0n) is 13.8. The van der Waals surface area contributed by atoms with E-state index in [1.54, 1.807) is 0 Å². The van der Waals surface area contributed by atoms with E-state index in [1.807, 2.05) is 45.9 Å². The number of alkyl carbamates (subject to hydrolysis) is 1. The Morgan fingerprint density at radius 2 is 1.95 bits per heavy atom. The molecule has 0 aromatic heterocycles. The molecule has 22 heavy (non-hydrogen) atoms. The normalized spacial score (nSPS) is 19.1. The number of aliphatic hydroxyl groups is 1. The van der Waals surface area contributed by atoms with Crippen molar-refractivity contribution >= 4 is 6.09 Å². The minimum absolute atomic E-state index is 0.352. The number of hydrogen-bond acceptors (Lipinski definition) is 4. The van der Waals surface area contributed by atoms with Crippen LogP contribution in [0.4, 0.5) is 4.79 Å². The van der Waals surface area contributed by atoms with E-state index in [-0.39, 0.29) is 6.04 Å². The molecule has 0 aliphatic carbocycles. The number of likely N-dealkylation sites (tertiary alicyclic amines) is 1. The van der Waals surface area contributed by atoms with E-state index in [0.717, 1.165) is 6.54 Å². The summed E-state index contributed by atoms with van der Waals surface area (Å²) < 4.78 is 5.22. The van der Waals surface area contributed by atoms with E-state index in [1.165, 1.54) is 5.56 Å². The Balaban J connectivity index is 1.80. The first kappa shape index (κ1) is 16.8. The van der Waals surface area contributed by atoms with Crippen molar-refractivity contribution in [3.8, 4) is 0 Å². The average molecular weight is 306 g/mol. The van der Waals surface area contributed by atoms with Gasteiger partial charge in [0.2, 0.25) is 0 Å². The quantitative estimate of drug-likeness (QED) is 0.895. The highest BCUT2D eigenvalue weighted by atomic mass is 16.6. The third kappa shape index (κ3) is 4.45. The smallest absolute Gasteiger partial charge is 0.407 e. The molecular formula is C17H26N2O3. The van der Waals surface area contributed by atoms with Crippen molar-refractivity contribution in [2.45, 2.75) is 51.5 Å². The van der Waals surface area contributed by atoms with Crippen molar-refractivity contribution < 1.29 is 14.6 Å². The average Bonchev–Trinajstić information content (AvgIpc) is 2.35. The van der Waals surface area contributed by atoms with Gasteiger partial charge < -0.3 is 15.2 Å². The summed E-state index contributed by atoms with van der Waals surface area (Å²) in [7, 11) is 0. The van der Waals surface area contributed by atoms with Gasteiger partial charge in [0.05, 0.1) is 6.04 Å². The molecule has 122 valence electrons. The van der Waals surface area contributed by atoms with E-state index >= 15 is 0 Å². The van der Waals surface area contributed by atoms with Gasteiger partial charge in [-0.2, -0.15) is 0 Å². The molecule has 1 aromatic rings. The van der Waals surface area contributed by atoms with Crippen molar-refractivity contribution in [2.75, 3.05) is 13.1 Å². The van der Waals surface area contributed by atoms with E-state index in [9.17, 15) is 9.90 Å². The second kappa shape index (κ2) is 6.26. The van der Waals surface area contributed by atoms with Crippen LogP contribution in [0.2, 0.25) is 0 Å². The van der Waals surface area contributed by atoms with E-state index in [0.29, 0.717) is 13.1 Å². The largest absolute Gasteiger partial charge is 0.444 e. The number of β-amino-alcohol motifs (C(OH)–C–C–N with tert-alkyl or cyclic N) is 1. The van der Waals surface area contributed by atoms with Gasteiger partial charge in [0, 0.05) is 19.6 Å². The van der Waals surface area contributed by atoms with Crippen LogP contribution in [-0.2, 0) is 11.3 Å². The van der Waals surface area contributed by atoms with Gasteiger partial charge in [-0.15, -0.1) is 0 Å². The molecule has 2 N–H and O–H groups in total. The molecule has 5 nitrogen and oxygen atoms in total. The van der Waals surface area contributed by atoms with Gasteiger partial charge in [-0.3, -0.25) is 4.90 Å². The van der Waals surface area contributed by atoms with Crippen LogP contribution in [0.3, 0.4) is 0 Å². The number of carbonyl (C=O) groups excluding carboxylic acids is 1. The van der Waals surface area contributed by atoms with E-state index in [2.05, 4.69) is 22.3 Å². The van der Waals surface area contributed by atoms with Crippen molar-refractivity contribution in [2.24, 2.45) is 0 Å². The zero-order chi connectivity index (χ0) is 16.4. The lowest BCUT2D eigenvalue weighted by molar-refractivity contribution is -0.120. The summed E-state index contributed by atoms with van der Waals surface area (Å²) in [5.41, 5.74) is -0.214. The molecule has 1 fully saturated rings. The van der Waals surface area contributed by atoms with E-state index < -0.39 is 17.3 Å². The first-order valence-electron chi connectivity index (χ1n) is 7.66. The zero-order valence-corrected chi connectivity index (χ0v) is 13.8. The van der Waals surface area contributed by atoms with Gasteiger partial charge in [0.25, 0.3) is 0 Å². The van der Waals surface area contributed by atoms with Gasteiger partial charge >= 0.3 is 6.09 Å². The lowest BCUT2D eigenvalue weighted by Gasteiger charge is -2.49.